The summed E-state index contributed by atoms with van der Waals surface area (Å²) in [5, 5.41) is 9.30. The fraction of sp³-hybridized carbons (Fsp3) is 0.424. The molecule has 1 amide bonds. The Hall–Kier alpha value is -4.05. The first-order valence-corrected chi connectivity index (χ1v) is 14.7. The van der Waals surface area contributed by atoms with Crippen LogP contribution in [0.5, 0.6) is 5.75 Å². The van der Waals surface area contributed by atoms with E-state index in [1.165, 1.54) is 18.7 Å². The summed E-state index contributed by atoms with van der Waals surface area (Å²) in [5.41, 5.74) is 3.94. The lowest BCUT2D eigenvalue weighted by molar-refractivity contribution is -0.142. The van der Waals surface area contributed by atoms with E-state index < -0.39 is 17.6 Å². The highest BCUT2D eigenvalue weighted by atomic mass is 19.1. The molecule has 1 N–H and O–H groups in total. The van der Waals surface area contributed by atoms with Gasteiger partial charge in [0.15, 0.2) is 11.6 Å². The second kappa shape index (κ2) is 13.5. The van der Waals surface area contributed by atoms with E-state index >= 15 is 4.39 Å². The first kappa shape index (κ1) is 30.4. The number of aryl methyl sites for hydroxylation is 1. The lowest BCUT2D eigenvalue weighted by atomic mass is 9.88. The molecule has 0 radical (unpaired) electrons. The minimum atomic E-state index is -0.792. The van der Waals surface area contributed by atoms with Crippen molar-refractivity contribution in [2.75, 3.05) is 44.8 Å². The second-order valence-corrected chi connectivity index (χ2v) is 11.3. The molecule has 0 bridgehead atoms. The van der Waals surface area contributed by atoms with E-state index in [4.69, 9.17) is 9.47 Å². The lowest BCUT2D eigenvalue weighted by Crippen LogP contribution is -2.39. The van der Waals surface area contributed by atoms with Gasteiger partial charge in [-0.1, -0.05) is 18.2 Å². The Labute approximate surface area is 250 Å². The molecule has 228 valence electrons. The predicted octanol–water partition coefficient (Wildman–Crippen LogP) is 5.57. The lowest BCUT2D eigenvalue weighted by Gasteiger charge is -2.32. The SMILES string of the molecule is COCC(=O)N1CCC(c2ccc(COc3c(F)cc(F)cc3-c3ccnc(N4CCC(C(=O)O)CC4)c3)c(C)c2)CC1. The van der Waals surface area contributed by atoms with E-state index in [9.17, 15) is 19.1 Å². The smallest absolute Gasteiger partial charge is 0.306 e. The molecule has 2 fully saturated rings. The van der Waals surface area contributed by atoms with Gasteiger partial charge in [-0.25, -0.2) is 13.8 Å². The third kappa shape index (κ3) is 7.13. The normalized spacial score (nSPS) is 16.4. The fourth-order valence-corrected chi connectivity index (χ4v) is 6.00. The number of piperidine rings is 2. The molecule has 3 aromatic rings. The molecule has 5 rings (SSSR count). The molecule has 3 heterocycles. The number of aromatic nitrogens is 1. The number of carbonyl (C=O) groups excluding carboxylic acids is 1. The van der Waals surface area contributed by atoms with Gasteiger partial charge in [0.2, 0.25) is 5.91 Å². The molecule has 1 aromatic heterocycles. The number of ether oxygens (including phenoxy) is 2. The Morgan fingerprint density at radius 2 is 1.74 bits per heavy atom. The highest BCUT2D eigenvalue weighted by Gasteiger charge is 2.26. The Kier molecular flexibility index (Phi) is 9.55. The van der Waals surface area contributed by atoms with Gasteiger partial charge in [-0.3, -0.25) is 9.59 Å². The summed E-state index contributed by atoms with van der Waals surface area (Å²) in [6.45, 7) is 4.66. The summed E-state index contributed by atoms with van der Waals surface area (Å²) >= 11 is 0. The Balaban J connectivity index is 1.29. The number of hydrogen-bond donors (Lipinski definition) is 1. The van der Waals surface area contributed by atoms with Crippen molar-refractivity contribution in [1.82, 2.24) is 9.88 Å². The maximum atomic E-state index is 15.1. The molecule has 0 unspecified atom stereocenters. The van der Waals surface area contributed by atoms with Crippen LogP contribution in [0.1, 0.15) is 48.3 Å². The van der Waals surface area contributed by atoms with E-state index in [0.29, 0.717) is 56.3 Å². The second-order valence-electron chi connectivity index (χ2n) is 11.3. The quantitative estimate of drug-likeness (QED) is 0.347. The fourth-order valence-electron chi connectivity index (χ4n) is 6.00. The third-order valence-corrected chi connectivity index (χ3v) is 8.56. The van der Waals surface area contributed by atoms with Gasteiger partial charge < -0.3 is 24.4 Å². The first-order valence-electron chi connectivity index (χ1n) is 14.7. The molecule has 0 spiro atoms. The molecule has 8 nitrogen and oxygen atoms in total. The minimum absolute atomic E-state index is 0.0142. The van der Waals surface area contributed by atoms with Crippen LogP contribution in [0.2, 0.25) is 0 Å². The number of likely N-dealkylation sites (tertiary alicyclic amines) is 1. The van der Waals surface area contributed by atoms with Gasteiger partial charge >= 0.3 is 5.97 Å². The van der Waals surface area contributed by atoms with Crippen molar-refractivity contribution in [1.29, 1.82) is 0 Å². The van der Waals surface area contributed by atoms with Crippen LogP contribution in [0.4, 0.5) is 14.6 Å². The number of pyridine rings is 1. The predicted molar refractivity (Wildman–Crippen MR) is 158 cm³/mol. The zero-order chi connectivity index (χ0) is 30.5. The zero-order valence-electron chi connectivity index (χ0n) is 24.5. The van der Waals surface area contributed by atoms with Crippen molar-refractivity contribution in [3.63, 3.8) is 0 Å². The number of anilines is 1. The van der Waals surface area contributed by atoms with E-state index in [1.807, 2.05) is 22.8 Å². The van der Waals surface area contributed by atoms with Crippen LogP contribution in [0.3, 0.4) is 0 Å². The van der Waals surface area contributed by atoms with Crippen LogP contribution in [0, 0.1) is 24.5 Å². The van der Waals surface area contributed by atoms with E-state index in [-0.39, 0.29) is 36.4 Å². The zero-order valence-corrected chi connectivity index (χ0v) is 24.5. The summed E-state index contributed by atoms with van der Waals surface area (Å²) < 4.78 is 40.5. The molecule has 0 atom stereocenters. The number of amides is 1. The van der Waals surface area contributed by atoms with Crippen LogP contribution in [0.25, 0.3) is 11.1 Å². The summed E-state index contributed by atoms with van der Waals surface area (Å²) in [5.74, 6) is -1.73. The topological polar surface area (TPSA) is 92.2 Å². The van der Waals surface area contributed by atoms with Crippen molar-refractivity contribution >= 4 is 17.7 Å². The number of hydrogen-bond acceptors (Lipinski definition) is 6. The summed E-state index contributed by atoms with van der Waals surface area (Å²) in [7, 11) is 1.52. The van der Waals surface area contributed by atoms with Crippen molar-refractivity contribution in [2.45, 2.75) is 45.1 Å². The van der Waals surface area contributed by atoms with Crippen molar-refractivity contribution in [3.05, 3.63) is 77.0 Å². The van der Waals surface area contributed by atoms with Gasteiger partial charge in [-0.05, 0) is 79.0 Å². The first-order chi connectivity index (χ1) is 20.7. The van der Waals surface area contributed by atoms with Gasteiger partial charge in [0, 0.05) is 51.1 Å². The number of aliphatic carboxylic acids is 1. The number of benzene rings is 2. The van der Waals surface area contributed by atoms with Gasteiger partial charge in [-0.15, -0.1) is 0 Å². The largest absolute Gasteiger partial charge is 0.485 e. The Bertz CT molecular complexity index is 1470. The van der Waals surface area contributed by atoms with Gasteiger partial charge in [-0.2, -0.15) is 0 Å². The highest BCUT2D eigenvalue weighted by Crippen LogP contribution is 2.36. The number of rotatable bonds is 9. The van der Waals surface area contributed by atoms with Crippen molar-refractivity contribution < 1.29 is 33.0 Å². The highest BCUT2D eigenvalue weighted by molar-refractivity contribution is 5.77. The maximum Gasteiger partial charge on any atom is 0.306 e. The Morgan fingerprint density at radius 1 is 1.00 bits per heavy atom. The van der Waals surface area contributed by atoms with Crippen molar-refractivity contribution in [2.24, 2.45) is 5.92 Å². The molecule has 2 aliphatic heterocycles. The summed E-state index contributed by atoms with van der Waals surface area (Å²) in [4.78, 5) is 31.7. The average molecular weight is 594 g/mol. The van der Waals surface area contributed by atoms with Gasteiger partial charge in [0.1, 0.15) is 24.8 Å². The number of carboxylic acids is 1. The van der Waals surface area contributed by atoms with Crippen LogP contribution < -0.4 is 9.64 Å². The molecule has 10 heteroatoms. The Morgan fingerprint density at radius 3 is 2.42 bits per heavy atom. The molecule has 43 heavy (non-hydrogen) atoms. The molecule has 0 saturated carbocycles. The summed E-state index contributed by atoms with van der Waals surface area (Å²) in [6.07, 6.45) is 4.35. The summed E-state index contributed by atoms with van der Waals surface area (Å²) in [6, 6.07) is 11.7. The molecule has 2 aromatic carbocycles. The molecule has 0 aliphatic carbocycles. The minimum Gasteiger partial charge on any atom is -0.485 e. The standard InChI is InChI=1S/C33H37F2N3O5/c1-21-15-24(22-6-13-38(14-7-22)31(39)20-42-2)3-4-26(21)19-43-32-28(17-27(34)18-29(32)35)25-5-10-36-30(16-25)37-11-8-23(9-12-37)33(40)41/h3-5,10,15-18,22-23H,6-9,11-14,19-20H2,1-2H3,(H,40,41). The maximum absolute atomic E-state index is 15.1. The van der Waals surface area contributed by atoms with E-state index in [2.05, 4.69) is 17.1 Å². The molecule has 2 aliphatic rings. The molecular formula is C33H37F2N3O5. The monoisotopic (exact) mass is 593 g/mol. The van der Waals surface area contributed by atoms with Gasteiger partial charge in [0.05, 0.1) is 5.92 Å². The van der Waals surface area contributed by atoms with Crippen molar-refractivity contribution in [3.8, 4) is 16.9 Å². The van der Waals surface area contributed by atoms with Crippen LogP contribution in [-0.4, -0.2) is 66.8 Å². The number of carboxylic acid groups (broad SMARTS) is 1. The number of halogens is 2. The van der Waals surface area contributed by atoms with E-state index in [0.717, 1.165) is 30.0 Å². The average Bonchev–Trinajstić information content (AvgIpc) is 3.01. The number of methoxy groups -OCH3 is 1. The van der Waals surface area contributed by atoms with Crippen LogP contribution in [-0.2, 0) is 20.9 Å². The molecular weight excluding hydrogens is 556 g/mol. The van der Waals surface area contributed by atoms with Gasteiger partial charge in [0.25, 0.3) is 0 Å². The third-order valence-electron chi connectivity index (χ3n) is 8.56. The molecule has 2 saturated heterocycles. The van der Waals surface area contributed by atoms with Crippen LogP contribution >= 0.6 is 0 Å². The number of nitrogens with zero attached hydrogens (tertiary/aromatic N) is 3. The van der Waals surface area contributed by atoms with E-state index in [1.54, 1.807) is 18.3 Å². The van der Waals surface area contributed by atoms with Crippen LogP contribution in [0.15, 0.2) is 48.7 Å². The number of carbonyl (C=O) groups is 2.